The van der Waals surface area contributed by atoms with Gasteiger partial charge in [-0.25, -0.2) is 9.78 Å². The molecule has 2 N–H and O–H groups in total. The van der Waals surface area contributed by atoms with Crippen LogP contribution in [0.4, 0.5) is 9.93 Å². The van der Waals surface area contributed by atoms with Crippen molar-refractivity contribution in [1.29, 1.82) is 0 Å². The molecule has 0 radical (unpaired) electrons. The molecule has 2 unspecified atom stereocenters. The zero-order valence-corrected chi connectivity index (χ0v) is 14.0. The Morgan fingerprint density at radius 2 is 2.41 bits per heavy atom. The number of carbonyl (C=O) groups is 1. The number of morpholine rings is 1. The molecule has 6 nitrogen and oxygen atoms in total. The van der Waals surface area contributed by atoms with Gasteiger partial charge in [-0.1, -0.05) is 6.92 Å². The van der Waals surface area contributed by atoms with Crippen molar-refractivity contribution in [2.75, 3.05) is 38.6 Å². The monoisotopic (exact) mass is 324 g/mol. The highest BCUT2D eigenvalue weighted by Gasteiger charge is 2.21. The molecule has 1 fully saturated rings. The number of nitrogens with one attached hydrogen (secondary N) is 2. The average Bonchev–Trinajstić information content (AvgIpc) is 2.86. The van der Waals surface area contributed by atoms with Crippen LogP contribution in [0, 0.1) is 5.92 Å². The highest BCUT2D eigenvalue weighted by atomic mass is 32.1. The summed E-state index contributed by atoms with van der Waals surface area (Å²) in [5, 5.41) is 6.44. The first-order valence-corrected chi connectivity index (χ1v) is 8.75. The molecule has 1 aromatic rings. The molecule has 0 saturated carbocycles. The Morgan fingerprint density at radius 3 is 3.23 bits per heavy atom. The number of likely N-dealkylation sites (N-methyl/N-ethyl adjacent to an activating group) is 1. The van der Waals surface area contributed by atoms with Crippen LogP contribution in [0.5, 0.6) is 0 Å². The van der Waals surface area contributed by atoms with Crippen LogP contribution in [0.15, 0.2) is 0 Å². The molecule has 7 heteroatoms. The number of aromatic nitrogens is 1. The lowest BCUT2D eigenvalue weighted by atomic mass is 9.93. The van der Waals surface area contributed by atoms with Crippen molar-refractivity contribution < 1.29 is 9.53 Å². The van der Waals surface area contributed by atoms with Crippen LogP contribution in [-0.4, -0.2) is 55.3 Å². The van der Waals surface area contributed by atoms with Gasteiger partial charge in [-0.3, -0.25) is 5.32 Å². The largest absolute Gasteiger partial charge is 0.374 e. The van der Waals surface area contributed by atoms with Gasteiger partial charge in [0.05, 0.1) is 18.4 Å². The summed E-state index contributed by atoms with van der Waals surface area (Å²) in [6.45, 7) is 5.32. The lowest BCUT2D eigenvalue weighted by molar-refractivity contribution is -0.0166. The zero-order valence-electron chi connectivity index (χ0n) is 13.2. The van der Waals surface area contributed by atoms with E-state index in [0.29, 0.717) is 11.7 Å². The quantitative estimate of drug-likeness (QED) is 0.888. The maximum Gasteiger partial charge on any atom is 0.321 e. The molecular formula is C15H24N4O2S. The fourth-order valence-corrected chi connectivity index (χ4v) is 4.10. The number of nitrogens with zero attached hydrogens (tertiary/aromatic N) is 2. The second-order valence-electron chi connectivity index (χ2n) is 6.33. The van der Waals surface area contributed by atoms with E-state index in [1.54, 1.807) is 11.3 Å². The normalized spacial score (nSPS) is 25.5. The minimum absolute atomic E-state index is 0.0647. The molecule has 3 rings (SSSR count). The summed E-state index contributed by atoms with van der Waals surface area (Å²) in [6, 6.07) is -0.198. The van der Waals surface area contributed by atoms with Crippen molar-refractivity contribution in [1.82, 2.24) is 15.2 Å². The standard InChI is InChI=1S/C15H24N4O2S/c1-10-3-4-12-13(7-10)22-15(17-12)18-14(20)16-8-11-9-19(2)5-6-21-11/h10-11H,3-9H2,1-2H3,(H2,16,17,18,20). The van der Waals surface area contributed by atoms with E-state index in [4.69, 9.17) is 4.74 Å². The average molecular weight is 324 g/mol. The maximum atomic E-state index is 12.0. The van der Waals surface area contributed by atoms with Crippen LogP contribution >= 0.6 is 11.3 Å². The molecule has 22 heavy (non-hydrogen) atoms. The smallest absolute Gasteiger partial charge is 0.321 e. The minimum atomic E-state index is -0.198. The number of urea groups is 1. The number of aryl methyl sites for hydroxylation is 1. The van der Waals surface area contributed by atoms with E-state index in [1.165, 1.54) is 11.3 Å². The van der Waals surface area contributed by atoms with Gasteiger partial charge in [0, 0.05) is 24.5 Å². The molecule has 0 aromatic carbocycles. The number of hydrogen-bond acceptors (Lipinski definition) is 5. The number of fused-ring (bicyclic) bond motifs is 1. The summed E-state index contributed by atoms with van der Waals surface area (Å²) in [6.07, 6.45) is 3.36. The van der Waals surface area contributed by atoms with Crippen molar-refractivity contribution in [2.45, 2.75) is 32.3 Å². The van der Waals surface area contributed by atoms with Crippen LogP contribution in [0.3, 0.4) is 0 Å². The Hall–Kier alpha value is -1.18. The maximum absolute atomic E-state index is 12.0. The van der Waals surface area contributed by atoms with E-state index in [0.717, 1.165) is 44.1 Å². The van der Waals surface area contributed by atoms with Crippen molar-refractivity contribution in [3.63, 3.8) is 0 Å². The van der Waals surface area contributed by atoms with Crippen LogP contribution in [0.25, 0.3) is 0 Å². The van der Waals surface area contributed by atoms with Crippen LogP contribution in [0.1, 0.15) is 23.9 Å². The van der Waals surface area contributed by atoms with Gasteiger partial charge in [-0.2, -0.15) is 0 Å². The fourth-order valence-electron chi connectivity index (χ4n) is 2.93. The van der Waals surface area contributed by atoms with Gasteiger partial charge in [0.15, 0.2) is 5.13 Å². The number of hydrogen-bond donors (Lipinski definition) is 2. The van der Waals surface area contributed by atoms with Crippen LogP contribution in [-0.2, 0) is 17.6 Å². The minimum Gasteiger partial charge on any atom is -0.374 e. The second-order valence-corrected chi connectivity index (χ2v) is 7.41. The lowest BCUT2D eigenvalue weighted by Gasteiger charge is -2.30. The fraction of sp³-hybridized carbons (Fsp3) is 0.733. The molecule has 2 aliphatic rings. The first kappa shape index (κ1) is 15.7. The van der Waals surface area contributed by atoms with Crippen molar-refractivity contribution >= 4 is 22.5 Å². The highest BCUT2D eigenvalue weighted by molar-refractivity contribution is 7.15. The molecular weight excluding hydrogens is 300 g/mol. The zero-order chi connectivity index (χ0) is 15.5. The molecule has 1 aliphatic heterocycles. The number of thiazole rings is 1. The lowest BCUT2D eigenvalue weighted by Crippen LogP contribution is -2.46. The second kappa shape index (κ2) is 6.93. The SMILES string of the molecule is CC1CCc2nc(NC(=O)NCC3CN(C)CCO3)sc2C1. The number of anilines is 1. The summed E-state index contributed by atoms with van der Waals surface area (Å²) in [5.41, 5.74) is 1.16. The molecule has 1 aliphatic carbocycles. The van der Waals surface area contributed by atoms with E-state index < -0.39 is 0 Å². The van der Waals surface area contributed by atoms with Gasteiger partial charge in [0.1, 0.15) is 0 Å². The first-order valence-electron chi connectivity index (χ1n) is 7.93. The number of amides is 2. The summed E-state index contributed by atoms with van der Waals surface area (Å²) < 4.78 is 5.63. The Kier molecular flexibility index (Phi) is 4.95. The molecule has 1 aromatic heterocycles. The molecule has 0 spiro atoms. The van der Waals surface area contributed by atoms with Gasteiger partial charge in [0.25, 0.3) is 0 Å². The Bertz CT molecular complexity index is 534. The molecule has 2 amide bonds. The van der Waals surface area contributed by atoms with E-state index in [-0.39, 0.29) is 12.1 Å². The van der Waals surface area contributed by atoms with Gasteiger partial charge in [-0.05, 0) is 32.2 Å². The Labute approximate surface area is 135 Å². The first-order chi connectivity index (χ1) is 10.6. The molecule has 1 saturated heterocycles. The van der Waals surface area contributed by atoms with Gasteiger partial charge in [-0.15, -0.1) is 11.3 Å². The van der Waals surface area contributed by atoms with E-state index in [2.05, 4.69) is 34.5 Å². The molecule has 2 heterocycles. The van der Waals surface area contributed by atoms with Crippen molar-refractivity contribution in [2.24, 2.45) is 5.92 Å². The number of carbonyl (C=O) groups excluding carboxylic acids is 1. The number of ether oxygens (including phenoxy) is 1. The van der Waals surface area contributed by atoms with Gasteiger partial charge in [0.2, 0.25) is 0 Å². The topological polar surface area (TPSA) is 66.5 Å². The number of rotatable bonds is 3. The third-order valence-electron chi connectivity index (χ3n) is 4.24. The van der Waals surface area contributed by atoms with Crippen molar-refractivity contribution in [3.8, 4) is 0 Å². The molecule has 122 valence electrons. The summed E-state index contributed by atoms with van der Waals surface area (Å²) in [7, 11) is 2.07. The summed E-state index contributed by atoms with van der Waals surface area (Å²) in [5.74, 6) is 0.718. The van der Waals surface area contributed by atoms with Gasteiger partial charge >= 0.3 is 6.03 Å². The third-order valence-corrected chi connectivity index (χ3v) is 5.27. The van der Waals surface area contributed by atoms with E-state index in [1.807, 2.05) is 0 Å². The van der Waals surface area contributed by atoms with Crippen LogP contribution < -0.4 is 10.6 Å². The molecule has 2 atom stereocenters. The van der Waals surface area contributed by atoms with E-state index in [9.17, 15) is 4.79 Å². The summed E-state index contributed by atoms with van der Waals surface area (Å²) >= 11 is 1.61. The highest BCUT2D eigenvalue weighted by Crippen LogP contribution is 2.31. The molecule has 0 bridgehead atoms. The summed E-state index contributed by atoms with van der Waals surface area (Å²) in [4.78, 5) is 20.1. The Balaban J connectivity index is 1.47. The van der Waals surface area contributed by atoms with E-state index >= 15 is 0 Å². The van der Waals surface area contributed by atoms with Gasteiger partial charge < -0.3 is 15.0 Å². The predicted molar refractivity (Wildman–Crippen MR) is 87.6 cm³/mol. The predicted octanol–water partition coefficient (Wildman–Crippen LogP) is 1.72. The van der Waals surface area contributed by atoms with Crippen LogP contribution in [0.2, 0.25) is 0 Å². The van der Waals surface area contributed by atoms with Crippen molar-refractivity contribution in [3.05, 3.63) is 10.6 Å². The Morgan fingerprint density at radius 1 is 1.55 bits per heavy atom. The third kappa shape index (κ3) is 3.97.